The van der Waals surface area contributed by atoms with E-state index in [1.165, 1.54) is 23.2 Å². The Hall–Kier alpha value is -4.20. The third-order valence-corrected chi connectivity index (χ3v) is 4.46. The largest absolute Gasteiger partial charge is 0.457 e. The van der Waals surface area contributed by atoms with Gasteiger partial charge in [-0.25, -0.2) is 5.01 Å². The van der Waals surface area contributed by atoms with Gasteiger partial charge in [-0.1, -0.05) is 17.7 Å². The molecular weight excluding hydrogens is 374 g/mol. The van der Waals surface area contributed by atoms with Crippen molar-refractivity contribution in [2.24, 2.45) is 0 Å². The molecule has 2 amide bonds. The maximum atomic E-state index is 12.7. The first kappa shape index (κ1) is 18.2. The van der Waals surface area contributed by atoms with Crippen LogP contribution < -0.4 is 10.4 Å². The highest BCUT2D eigenvalue weighted by atomic mass is 16.6. The zero-order valence-corrected chi connectivity index (χ0v) is 15.3. The van der Waals surface area contributed by atoms with E-state index in [0.717, 1.165) is 5.56 Å². The predicted molar refractivity (Wildman–Crippen MR) is 106 cm³/mol. The SMILES string of the molecule is Cc1ccc(N2NC(=O)/C(=C\c3ccc(-c4ccc([N+](=O)[O-])cc4)o3)C2=O)cc1. The van der Waals surface area contributed by atoms with E-state index in [4.69, 9.17) is 4.42 Å². The molecule has 0 aliphatic carbocycles. The summed E-state index contributed by atoms with van der Waals surface area (Å²) in [6, 6.07) is 16.4. The van der Waals surface area contributed by atoms with Gasteiger partial charge >= 0.3 is 0 Å². The third kappa shape index (κ3) is 3.51. The molecular formula is C21H15N3O5. The smallest absolute Gasteiger partial charge is 0.282 e. The number of nitrogens with one attached hydrogen (secondary N) is 1. The molecule has 0 radical (unpaired) electrons. The molecule has 1 saturated heterocycles. The highest BCUT2D eigenvalue weighted by Gasteiger charge is 2.34. The second-order valence-corrected chi connectivity index (χ2v) is 6.48. The number of non-ortho nitro benzene ring substituents is 1. The molecule has 3 aromatic rings. The van der Waals surface area contributed by atoms with Crippen molar-refractivity contribution >= 4 is 29.3 Å². The third-order valence-electron chi connectivity index (χ3n) is 4.46. The number of hydrogen-bond acceptors (Lipinski definition) is 5. The number of aryl methyl sites for hydroxylation is 1. The van der Waals surface area contributed by atoms with Crippen LogP contribution in [0.15, 0.2) is 70.7 Å². The first-order valence-corrected chi connectivity index (χ1v) is 8.71. The Bertz CT molecular complexity index is 1140. The van der Waals surface area contributed by atoms with Crippen molar-refractivity contribution in [3.8, 4) is 11.3 Å². The molecule has 1 aliphatic rings. The lowest BCUT2D eigenvalue weighted by Gasteiger charge is -2.14. The number of nitrogens with zero attached hydrogens (tertiary/aromatic N) is 2. The van der Waals surface area contributed by atoms with Crippen LogP contribution in [-0.4, -0.2) is 16.7 Å². The molecule has 29 heavy (non-hydrogen) atoms. The lowest BCUT2D eigenvalue weighted by Crippen LogP contribution is -2.35. The highest BCUT2D eigenvalue weighted by molar-refractivity contribution is 6.31. The molecule has 1 aliphatic heterocycles. The number of nitro groups is 1. The van der Waals surface area contributed by atoms with E-state index in [9.17, 15) is 19.7 Å². The minimum Gasteiger partial charge on any atom is -0.457 e. The van der Waals surface area contributed by atoms with E-state index in [-0.39, 0.29) is 11.3 Å². The Morgan fingerprint density at radius 1 is 1.00 bits per heavy atom. The van der Waals surface area contributed by atoms with E-state index < -0.39 is 16.7 Å². The van der Waals surface area contributed by atoms with Crippen molar-refractivity contribution in [1.29, 1.82) is 0 Å². The van der Waals surface area contributed by atoms with Gasteiger partial charge in [0.05, 0.1) is 10.6 Å². The highest BCUT2D eigenvalue weighted by Crippen LogP contribution is 2.27. The molecule has 0 bridgehead atoms. The van der Waals surface area contributed by atoms with Crippen molar-refractivity contribution in [2.75, 3.05) is 5.01 Å². The molecule has 144 valence electrons. The number of carbonyl (C=O) groups is 2. The summed E-state index contributed by atoms with van der Waals surface area (Å²) in [6.07, 6.45) is 1.38. The van der Waals surface area contributed by atoms with Crippen LogP contribution in [0, 0.1) is 17.0 Å². The fourth-order valence-corrected chi connectivity index (χ4v) is 2.91. The van der Waals surface area contributed by atoms with Crippen LogP contribution in [0.3, 0.4) is 0 Å². The molecule has 0 spiro atoms. The van der Waals surface area contributed by atoms with E-state index in [0.29, 0.717) is 22.8 Å². The minimum absolute atomic E-state index is 0.0212. The molecule has 8 heteroatoms. The molecule has 2 heterocycles. The number of nitro benzene ring substituents is 1. The van der Waals surface area contributed by atoms with Gasteiger partial charge < -0.3 is 4.42 Å². The zero-order valence-electron chi connectivity index (χ0n) is 15.3. The predicted octanol–water partition coefficient (Wildman–Crippen LogP) is 3.62. The normalized spacial score (nSPS) is 15.1. The summed E-state index contributed by atoms with van der Waals surface area (Å²) >= 11 is 0. The second kappa shape index (κ2) is 7.08. The summed E-state index contributed by atoms with van der Waals surface area (Å²) in [5.41, 5.74) is 4.71. The van der Waals surface area contributed by atoms with E-state index >= 15 is 0 Å². The minimum atomic E-state index is -0.524. The van der Waals surface area contributed by atoms with Crippen LogP contribution in [0.4, 0.5) is 11.4 Å². The van der Waals surface area contributed by atoms with E-state index in [1.54, 1.807) is 36.4 Å². The van der Waals surface area contributed by atoms with Gasteiger partial charge in [-0.2, -0.15) is 0 Å². The Kier molecular flexibility index (Phi) is 4.44. The molecule has 1 fully saturated rings. The van der Waals surface area contributed by atoms with Gasteiger partial charge in [-0.05, 0) is 49.4 Å². The van der Waals surface area contributed by atoms with Crippen LogP contribution in [0.1, 0.15) is 11.3 Å². The number of anilines is 1. The molecule has 0 atom stereocenters. The first-order valence-electron chi connectivity index (χ1n) is 8.71. The topological polar surface area (TPSA) is 106 Å². The standard InChI is InChI=1S/C21H15N3O5/c1-13-2-6-15(7-3-13)23-21(26)18(20(25)22-23)12-17-10-11-19(29-17)14-4-8-16(9-5-14)24(27)28/h2-12H,1H3,(H,22,25)/b18-12+. The maximum absolute atomic E-state index is 12.7. The van der Waals surface area contributed by atoms with Crippen LogP contribution in [0.5, 0.6) is 0 Å². The summed E-state index contributed by atoms with van der Waals surface area (Å²) < 4.78 is 5.69. The van der Waals surface area contributed by atoms with E-state index in [1.807, 2.05) is 19.1 Å². The lowest BCUT2D eigenvalue weighted by atomic mass is 10.1. The van der Waals surface area contributed by atoms with Crippen LogP contribution >= 0.6 is 0 Å². The number of rotatable bonds is 4. The average Bonchev–Trinajstić information content (AvgIpc) is 3.29. The lowest BCUT2D eigenvalue weighted by molar-refractivity contribution is -0.384. The van der Waals surface area contributed by atoms with Crippen LogP contribution in [0.2, 0.25) is 0 Å². The molecule has 1 aromatic heterocycles. The quantitative estimate of drug-likeness (QED) is 0.317. The van der Waals surface area contributed by atoms with Crippen molar-refractivity contribution in [1.82, 2.24) is 5.43 Å². The summed E-state index contributed by atoms with van der Waals surface area (Å²) in [4.78, 5) is 35.2. The Labute approximate surface area is 165 Å². The van der Waals surface area contributed by atoms with Crippen molar-refractivity contribution in [3.05, 3.63) is 87.7 Å². The fourth-order valence-electron chi connectivity index (χ4n) is 2.91. The molecule has 4 rings (SSSR count). The van der Waals surface area contributed by atoms with Gasteiger partial charge in [0.25, 0.3) is 17.5 Å². The maximum Gasteiger partial charge on any atom is 0.282 e. The molecule has 1 N–H and O–H groups in total. The number of furan rings is 1. The molecule has 2 aromatic carbocycles. The van der Waals surface area contributed by atoms with E-state index in [2.05, 4.69) is 5.43 Å². The van der Waals surface area contributed by atoms with Crippen LogP contribution in [-0.2, 0) is 9.59 Å². The Morgan fingerprint density at radius 3 is 2.34 bits per heavy atom. The average molecular weight is 389 g/mol. The van der Waals surface area contributed by atoms with Gasteiger partial charge in [-0.15, -0.1) is 0 Å². The van der Waals surface area contributed by atoms with Gasteiger partial charge in [0, 0.05) is 17.7 Å². The summed E-state index contributed by atoms with van der Waals surface area (Å²) in [5.74, 6) is -0.216. The second-order valence-electron chi connectivity index (χ2n) is 6.48. The first-order chi connectivity index (χ1) is 13.9. The van der Waals surface area contributed by atoms with Gasteiger partial charge in [0.15, 0.2) is 0 Å². The van der Waals surface area contributed by atoms with Crippen molar-refractivity contribution in [2.45, 2.75) is 6.92 Å². The summed E-state index contributed by atoms with van der Waals surface area (Å²) in [5, 5.41) is 11.9. The molecule has 0 saturated carbocycles. The Balaban J connectivity index is 1.58. The monoisotopic (exact) mass is 389 g/mol. The number of hydrazine groups is 1. The molecule has 0 unspecified atom stereocenters. The summed E-state index contributed by atoms with van der Waals surface area (Å²) in [6.45, 7) is 1.93. The van der Waals surface area contributed by atoms with Gasteiger partial charge in [-0.3, -0.25) is 25.1 Å². The van der Waals surface area contributed by atoms with Crippen molar-refractivity contribution < 1.29 is 18.9 Å². The molecule has 8 nitrogen and oxygen atoms in total. The summed E-state index contributed by atoms with van der Waals surface area (Å²) in [7, 11) is 0. The van der Waals surface area contributed by atoms with Crippen LogP contribution in [0.25, 0.3) is 17.4 Å². The van der Waals surface area contributed by atoms with Crippen molar-refractivity contribution in [3.63, 3.8) is 0 Å². The zero-order chi connectivity index (χ0) is 20.5. The number of hydrogen-bond donors (Lipinski definition) is 1. The van der Waals surface area contributed by atoms with Gasteiger partial charge in [0.1, 0.15) is 17.1 Å². The Morgan fingerprint density at radius 2 is 1.69 bits per heavy atom. The van der Waals surface area contributed by atoms with Gasteiger partial charge in [0.2, 0.25) is 0 Å². The number of amides is 2. The number of carbonyl (C=O) groups excluding carboxylic acids is 2. The fraction of sp³-hybridized carbons (Fsp3) is 0.0476. The number of benzene rings is 2.